The lowest BCUT2D eigenvalue weighted by atomic mass is 10.3. The van der Waals surface area contributed by atoms with Gasteiger partial charge in [0.1, 0.15) is 45.2 Å². The highest BCUT2D eigenvalue weighted by Crippen LogP contribution is 2.17. The monoisotopic (exact) mass is 1140 g/mol. The molecular weight excluding hydrogens is 1060 g/mol. The quantitative estimate of drug-likeness (QED) is 0.0222. The molecule has 0 aromatic rings. The molecule has 444 valence electrons. The number of hydrogen-bond donors (Lipinski definition) is 2. The SMILES string of the molecule is C.C=C(C)C(=O)OCC(COC(=O)C(=C)C)OC(=O)CCC(=O)O.C=C(C)C(=O)OCC(COC(=O)C(=C)C)OC(=O)CCC(=O)OCC(O)COCCC[Si](OC)(OC)OC.CO[Si](CCCOCC1CO1)(OC)OC. The molecule has 1 aliphatic heterocycles. The van der Waals surface area contributed by atoms with Crippen LogP contribution < -0.4 is 0 Å². The van der Waals surface area contributed by atoms with Crippen LogP contribution in [0.3, 0.4) is 0 Å². The molecule has 26 nitrogen and oxygen atoms in total. The fraction of sp³-hybridized carbons (Fsp3) is 0.673. The molecule has 0 aromatic heterocycles. The number of epoxide rings is 1. The minimum absolute atomic E-state index is 0. The Bertz CT molecular complexity index is 1770. The van der Waals surface area contributed by atoms with Crippen molar-refractivity contribution in [1.82, 2.24) is 0 Å². The Morgan fingerprint density at radius 1 is 0.506 bits per heavy atom. The van der Waals surface area contributed by atoms with E-state index < -0.39 is 90.1 Å². The van der Waals surface area contributed by atoms with Crippen LogP contribution in [0.2, 0.25) is 12.1 Å². The largest absolute Gasteiger partial charge is 0.500 e. The molecule has 1 saturated heterocycles. The number of rotatable bonds is 40. The number of carboxylic acids is 1. The Balaban J connectivity index is -0.00000118. The van der Waals surface area contributed by atoms with Crippen LogP contribution in [0.5, 0.6) is 0 Å². The third kappa shape index (κ3) is 38.9. The number of esters is 7. The molecule has 0 radical (unpaired) electrons. The summed E-state index contributed by atoms with van der Waals surface area (Å²) in [5, 5.41) is 18.4. The zero-order chi connectivity index (χ0) is 58.3. The summed E-state index contributed by atoms with van der Waals surface area (Å²) in [4.78, 5) is 91.9. The second-order valence-corrected chi connectivity index (χ2v) is 22.6. The lowest BCUT2D eigenvalue weighted by Crippen LogP contribution is -2.42. The Morgan fingerprint density at radius 2 is 0.831 bits per heavy atom. The molecule has 0 bridgehead atoms. The molecule has 0 amide bonds. The second kappa shape index (κ2) is 43.7. The maximum atomic E-state index is 12.2. The number of ether oxygens (including phenoxy) is 10. The van der Waals surface area contributed by atoms with Crippen molar-refractivity contribution >= 4 is 65.4 Å². The average Bonchev–Trinajstić information content (AvgIpc) is 4.23. The van der Waals surface area contributed by atoms with Crippen molar-refractivity contribution < 1.29 is 122 Å². The molecule has 2 unspecified atom stereocenters. The molecule has 0 aromatic carbocycles. The first-order valence-corrected chi connectivity index (χ1v) is 27.5. The summed E-state index contributed by atoms with van der Waals surface area (Å²) in [5.74, 6) is -6.31. The standard InChI is InChI=1S/C24H40O13Si.C15H20O8.C9H20O5Si.CH4/c1-17(2)23(28)35-15-20(16-36-24(29)18(3)4)37-22(27)10-9-21(26)34-14-19(25)13-33-11-8-12-38(30-5,31-6)32-7;1-9(2)14(19)21-7-11(8-22-15(20)10(3)4)23-13(18)6-5-12(16)17;1-10-15(11-2,12-3)6-4-5-13-7-9-8-14-9;/h19-20,25H,1,3,8-16H2,2,4-7H3;11H,1,3,5-8H2,2,4H3,(H,16,17);9H,4-8H2,1-3H3;1H4. The van der Waals surface area contributed by atoms with E-state index in [1.807, 2.05) is 0 Å². The van der Waals surface area contributed by atoms with E-state index in [-0.39, 0.29) is 88.6 Å². The van der Waals surface area contributed by atoms with Gasteiger partial charge in [-0.1, -0.05) is 33.7 Å². The molecule has 2 atom stereocenters. The predicted octanol–water partition coefficient (Wildman–Crippen LogP) is 3.41. The van der Waals surface area contributed by atoms with Gasteiger partial charge < -0.3 is 84.1 Å². The van der Waals surface area contributed by atoms with Gasteiger partial charge in [0.25, 0.3) is 0 Å². The Labute approximate surface area is 454 Å². The summed E-state index contributed by atoms with van der Waals surface area (Å²) >= 11 is 0. The summed E-state index contributed by atoms with van der Waals surface area (Å²) < 4.78 is 82.2. The average molecular weight is 1150 g/mol. The van der Waals surface area contributed by atoms with Crippen LogP contribution in [0.1, 0.15) is 73.6 Å². The first-order chi connectivity index (χ1) is 35.8. The minimum Gasteiger partial charge on any atom is -0.481 e. The van der Waals surface area contributed by atoms with Gasteiger partial charge in [-0.15, -0.1) is 0 Å². The molecule has 0 spiro atoms. The number of carbonyl (C=O) groups is 8. The van der Waals surface area contributed by atoms with Crippen LogP contribution >= 0.6 is 0 Å². The Kier molecular flexibility index (Phi) is 43.1. The normalized spacial score (nSPS) is 12.9. The molecule has 0 saturated carbocycles. The van der Waals surface area contributed by atoms with Crippen molar-refractivity contribution in [2.24, 2.45) is 0 Å². The lowest BCUT2D eigenvalue weighted by Gasteiger charge is -2.24. The molecule has 1 aliphatic rings. The van der Waals surface area contributed by atoms with E-state index in [1.165, 1.54) is 49.0 Å². The molecule has 1 fully saturated rings. The predicted molar refractivity (Wildman–Crippen MR) is 276 cm³/mol. The van der Waals surface area contributed by atoms with E-state index >= 15 is 0 Å². The van der Waals surface area contributed by atoms with E-state index in [0.29, 0.717) is 38.4 Å². The third-order valence-corrected chi connectivity index (χ3v) is 15.2. The van der Waals surface area contributed by atoms with E-state index in [9.17, 15) is 43.5 Å². The van der Waals surface area contributed by atoms with E-state index in [2.05, 4.69) is 26.3 Å². The van der Waals surface area contributed by atoms with Gasteiger partial charge >= 0.3 is 65.4 Å². The summed E-state index contributed by atoms with van der Waals surface area (Å²) in [6.07, 6.45) is -2.85. The molecule has 0 aliphatic carbocycles. The first-order valence-electron chi connectivity index (χ1n) is 23.6. The fourth-order valence-electron chi connectivity index (χ4n) is 5.10. The van der Waals surface area contributed by atoms with E-state index in [1.54, 1.807) is 21.3 Å². The number of aliphatic carboxylic acids is 1. The summed E-state index contributed by atoms with van der Waals surface area (Å²) in [6.45, 7) is 20.1. The van der Waals surface area contributed by atoms with Gasteiger partial charge in [0.2, 0.25) is 0 Å². The van der Waals surface area contributed by atoms with Crippen molar-refractivity contribution in [2.45, 2.75) is 110 Å². The number of aliphatic hydroxyl groups is 1. The lowest BCUT2D eigenvalue weighted by molar-refractivity contribution is -0.165. The van der Waals surface area contributed by atoms with Crippen LogP contribution in [0.4, 0.5) is 0 Å². The molecule has 28 heteroatoms. The molecule has 1 rings (SSSR count). The van der Waals surface area contributed by atoms with Gasteiger partial charge in [-0.05, 0) is 40.5 Å². The zero-order valence-electron chi connectivity index (χ0n) is 45.6. The molecular formula is C49H84O26Si2. The zero-order valence-corrected chi connectivity index (χ0v) is 47.6. The Morgan fingerprint density at radius 3 is 1.14 bits per heavy atom. The summed E-state index contributed by atoms with van der Waals surface area (Å²) in [5.41, 5.74) is 0.576. The third-order valence-electron chi connectivity index (χ3n) is 9.53. The Hall–Kier alpha value is -5.25. The van der Waals surface area contributed by atoms with E-state index in [4.69, 9.17) is 79.0 Å². The minimum atomic E-state index is -2.68. The maximum absolute atomic E-state index is 12.2. The highest BCUT2D eigenvalue weighted by atomic mass is 28.4. The van der Waals surface area contributed by atoms with Crippen LogP contribution in [0, 0.1) is 0 Å². The smallest absolute Gasteiger partial charge is 0.481 e. The van der Waals surface area contributed by atoms with Crippen molar-refractivity contribution in [3.8, 4) is 0 Å². The van der Waals surface area contributed by atoms with Crippen molar-refractivity contribution in [2.75, 3.05) is 109 Å². The highest BCUT2D eigenvalue weighted by Gasteiger charge is 2.38. The number of carboxylic acid groups (broad SMARTS) is 1. The van der Waals surface area contributed by atoms with Gasteiger partial charge in [0, 0.05) is 90.3 Å². The number of aliphatic hydroxyl groups excluding tert-OH is 1. The first kappa shape index (κ1) is 76.0. The van der Waals surface area contributed by atoms with Crippen molar-refractivity contribution in [3.63, 3.8) is 0 Å². The van der Waals surface area contributed by atoms with E-state index in [0.717, 1.165) is 19.1 Å². The van der Waals surface area contributed by atoms with Gasteiger partial charge in [0.05, 0.1) is 45.5 Å². The second-order valence-electron chi connectivity index (χ2n) is 16.4. The van der Waals surface area contributed by atoms with Crippen LogP contribution in [-0.4, -0.2) is 209 Å². The summed E-state index contributed by atoms with van der Waals surface area (Å²) in [7, 11) is 4.34. The fourth-order valence-corrected chi connectivity index (χ4v) is 8.48. The number of carbonyl (C=O) groups excluding carboxylic acids is 7. The molecule has 77 heavy (non-hydrogen) atoms. The van der Waals surface area contributed by atoms with Gasteiger partial charge in [-0.3, -0.25) is 19.2 Å². The van der Waals surface area contributed by atoms with Crippen LogP contribution in [-0.2, 0) is 112 Å². The van der Waals surface area contributed by atoms with Gasteiger partial charge in [0.15, 0.2) is 12.2 Å². The van der Waals surface area contributed by atoms with Crippen molar-refractivity contribution in [1.29, 1.82) is 0 Å². The van der Waals surface area contributed by atoms with Crippen molar-refractivity contribution in [3.05, 3.63) is 48.6 Å². The van der Waals surface area contributed by atoms with Gasteiger partial charge in [-0.25, -0.2) is 19.2 Å². The maximum Gasteiger partial charge on any atom is 0.500 e. The van der Waals surface area contributed by atoms with Crippen LogP contribution in [0.15, 0.2) is 48.6 Å². The molecule has 1 heterocycles. The summed E-state index contributed by atoms with van der Waals surface area (Å²) in [6, 6.07) is 1.31. The number of hydrogen-bond acceptors (Lipinski definition) is 25. The topological polar surface area (TPSA) is 328 Å². The molecule has 2 N–H and O–H groups in total. The van der Waals surface area contributed by atoms with Gasteiger partial charge in [-0.2, -0.15) is 0 Å². The van der Waals surface area contributed by atoms with Crippen LogP contribution in [0.25, 0.3) is 0 Å². The highest BCUT2D eigenvalue weighted by molar-refractivity contribution is 6.60.